The molecule has 2 nitrogen and oxygen atoms in total. The first-order valence-electron chi connectivity index (χ1n) is 3.74. The number of aryl methyl sites for hydroxylation is 1. The zero-order chi connectivity index (χ0) is 8.97. The summed E-state index contributed by atoms with van der Waals surface area (Å²) in [7, 11) is 0. The second kappa shape index (κ2) is 4.07. The second-order valence-electron chi connectivity index (χ2n) is 2.64. The number of benzene rings is 1. The maximum Gasteiger partial charge on any atom is 0.115 e. The molecule has 0 aromatic heterocycles. The van der Waals surface area contributed by atoms with Crippen molar-refractivity contribution in [3.63, 3.8) is 0 Å². The van der Waals surface area contributed by atoms with Crippen molar-refractivity contribution >= 4 is 17.2 Å². The van der Waals surface area contributed by atoms with Crippen molar-refractivity contribution in [2.45, 2.75) is 12.8 Å². The van der Waals surface area contributed by atoms with Gasteiger partial charge in [0.2, 0.25) is 0 Å². The van der Waals surface area contributed by atoms with Crippen molar-refractivity contribution < 1.29 is 5.11 Å². The molecule has 0 spiro atoms. The first-order valence-corrected chi connectivity index (χ1v) is 4.15. The van der Waals surface area contributed by atoms with Crippen LogP contribution in [-0.2, 0) is 6.42 Å². The lowest BCUT2D eigenvalue weighted by molar-refractivity contribution is 0.474. The third kappa shape index (κ3) is 2.88. The number of nitrogens with two attached hydrogens (primary N) is 1. The monoisotopic (exact) mass is 181 g/mol. The largest absolute Gasteiger partial charge is 0.508 e. The van der Waals surface area contributed by atoms with Gasteiger partial charge in [0.05, 0.1) is 4.99 Å². The van der Waals surface area contributed by atoms with E-state index in [9.17, 15) is 0 Å². The van der Waals surface area contributed by atoms with Gasteiger partial charge in [-0.15, -0.1) is 0 Å². The van der Waals surface area contributed by atoms with E-state index < -0.39 is 0 Å². The third-order valence-corrected chi connectivity index (χ3v) is 1.77. The number of thiocarbonyl (C=S) groups is 1. The van der Waals surface area contributed by atoms with E-state index in [1.54, 1.807) is 12.1 Å². The zero-order valence-corrected chi connectivity index (χ0v) is 7.47. The molecule has 1 rings (SSSR count). The molecule has 0 bridgehead atoms. The van der Waals surface area contributed by atoms with Gasteiger partial charge in [0.15, 0.2) is 0 Å². The normalized spacial score (nSPS) is 9.67. The van der Waals surface area contributed by atoms with E-state index in [4.69, 9.17) is 23.1 Å². The number of phenols is 1. The minimum Gasteiger partial charge on any atom is -0.508 e. The summed E-state index contributed by atoms with van der Waals surface area (Å²) in [5.74, 6) is 0.287. The molecule has 64 valence electrons. The summed E-state index contributed by atoms with van der Waals surface area (Å²) in [5, 5.41) is 9.11. The van der Waals surface area contributed by atoms with Crippen molar-refractivity contribution in [1.29, 1.82) is 0 Å². The fraction of sp³-hybridized carbons (Fsp3) is 0.222. The summed E-state index contributed by atoms with van der Waals surface area (Å²) in [6.07, 6.45) is 1.49. The van der Waals surface area contributed by atoms with E-state index in [0.717, 1.165) is 12.0 Å². The highest BCUT2D eigenvalue weighted by molar-refractivity contribution is 7.80. The van der Waals surface area contributed by atoms with Crippen LogP contribution in [0.4, 0.5) is 0 Å². The van der Waals surface area contributed by atoms with Gasteiger partial charge in [-0.05, 0) is 24.1 Å². The Morgan fingerprint density at radius 1 is 1.50 bits per heavy atom. The van der Waals surface area contributed by atoms with E-state index >= 15 is 0 Å². The fourth-order valence-electron chi connectivity index (χ4n) is 0.980. The SMILES string of the molecule is NC(=S)CCc1cccc(O)c1. The highest BCUT2D eigenvalue weighted by Crippen LogP contribution is 2.12. The fourth-order valence-corrected chi connectivity index (χ4v) is 1.08. The molecule has 12 heavy (non-hydrogen) atoms. The molecule has 0 aliphatic heterocycles. The molecular formula is C9H11NOS. The summed E-state index contributed by atoms with van der Waals surface area (Å²) in [6.45, 7) is 0. The molecule has 0 fully saturated rings. The molecule has 3 heteroatoms. The molecule has 3 N–H and O–H groups in total. The van der Waals surface area contributed by atoms with Crippen LogP contribution in [0.2, 0.25) is 0 Å². The standard InChI is InChI=1S/C9H11NOS/c10-9(12)5-4-7-2-1-3-8(11)6-7/h1-3,6,11H,4-5H2,(H2,10,12). The van der Waals surface area contributed by atoms with E-state index in [1.165, 1.54) is 0 Å². The lowest BCUT2D eigenvalue weighted by atomic mass is 10.1. The minimum absolute atomic E-state index is 0.287. The van der Waals surface area contributed by atoms with Crippen LogP contribution in [0.3, 0.4) is 0 Å². The smallest absolute Gasteiger partial charge is 0.115 e. The molecule has 1 aromatic rings. The van der Waals surface area contributed by atoms with Gasteiger partial charge in [-0.25, -0.2) is 0 Å². The Morgan fingerprint density at radius 2 is 2.25 bits per heavy atom. The molecule has 0 aliphatic rings. The highest BCUT2D eigenvalue weighted by Gasteiger charge is 1.95. The molecular weight excluding hydrogens is 170 g/mol. The molecule has 0 saturated heterocycles. The molecule has 0 aliphatic carbocycles. The number of hydrogen-bond acceptors (Lipinski definition) is 2. The Hall–Kier alpha value is -1.09. The predicted octanol–water partition coefficient (Wildman–Crippen LogP) is 1.61. The highest BCUT2D eigenvalue weighted by atomic mass is 32.1. The number of phenolic OH excluding ortho intramolecular Hbond substituents is 1. The Kier molecular flexibility index (Phi) is 3.05. The van der Waals surface area contributed by atoms with E-state index in [2.05, 4.69) is 0 Å². The van der Waals surface area contributed by atoms with Crippen molar-refractivity contribution in [3.05, 3.63) is 29.8 Å². The van der Waals surface area contributed by atoms with Gasteiger partial charge in [0, 0.05) is 6.42 Å². The van der Waals surface area contributed by atoms with Crippen LogP contribution in [-0.4, -0.2) is 10.1 Å². The summed E-state index contributed by atoms with van der Waals surface area (Å²) in [4.78, 5) is 0.512. The average molecular weight is 181 g/mol. The summed E-state index contributed by atoms with van der Waals surface area (Å²) in [5.41, 5.74) is 6.41. The van der Waals surface area contributed by atoms with Crippen LogP contribution in [0.15, 0.2) is 24.3 Å². The molecule has 1 aromatic carbocycles. The van der Waals surface area contributed by atoms with Crippen LogP contribution >= 0.6 is 12.2 Å². The van der Waals surface area contributed by atoms with Crippen molar-refractivity contribution in [1.82, 2.24) is 0 Å². The minimum atomic E-state index is 0.287. The van der Waals surface area contributed by atoms with Gasteiger partial charge in [-0.1, -0.05) is 24.4 Å². The van der Waals surface area contributed by atoms with Crippen LogP contribution in [0.1, 0.15) is 12.0 Å². The van der Waals surface area contributed by atoms with E-state index in [-0.39, 0.29) is 5.75 Å². The first-order chi connectivity index (χ1) is 5.68. The van der Waals surface area contributed by atoms with Crippen LogP contribution in [0.5, 0.6) is 5.75 Å². The quantitative estimate of drug-likeness (QED) is 0.696. The number of hydrogen-bond donors (Lipinski definition) is 2. The molecule has 0 atom stereocenters. The molecule has 0 saturated carbocycles. The predicted molar refractivity (Wildman–Crippen MR) is 53.2 cm³/mol. The summed E-state index contributed by atoms with van der Waals surface area (Å²) < 4.78 is 0. The lowest BCUT2D eigenvalue weighted by Gasteiger charge is -1.99. The van der Waals surface area contributed by atoms with Gasteiger partial charge in [0.25, 0.3) is 0 Å². The summed E-state index contributed by atoms with van der Waals surface area (Å²) in [6, 6.07) is 7.12. The lowest BCUT2D eigenvalue weighted by Crippen LogP contribution is -2.08. The third-order valence-electron chi connectivity index (χ3n) is 1.57. The Balaban J connectivity index is 2.57. The Labute approximate surface area is 77.0 Å². The zero-order valence-electron chi connectivity index (χ0n) is 6.66. The maximum atomic E-state index is 9.11. The van der Waals surface area contributed by atoms with Gasteiger partial charge < -0.3 is 10.8 Å². The van der Waals surface area contributed by atoms with Gasteiger partial charge in [0.1, 0.15) is 5.75 Å². The molecule has 0 heterocycles. The topological polar surface area (TPSA) is 46.2 Å². The van der Waals surface area contributed by atoms with Gasteiger partial charge in [-0.2, -0.15) is 0 Å². The maximum absolute atomic E-state index is 9.11. The first kappa shape index (κ1) is 9.00. The average Bonchev–Trinajstić information content (AvgIpc) is 2.01. The van der Waals surface area contributed by atoms with Crippen LogP contribution < -0.4 is 5.73 Å². The van der Waals surface area contributed by atoms with Crippen LogP contribution in [0, 0.1) is 0 Å². The molecule has 0 radical (unpaired) electrons. The molecule has 0 amide bonds. The summed E-state index contributed by atoms with van der Waals surface area (Å²) >= 11 is 4.74. The van der Waals surface area contributed by atoms with Gasteiger partial charge in [-0.3, -0.25) is 0 Å². The van der Waals surface area contributed by atoms with Crippen molar-refractivity contribution in [2.75, 3.05) is 0 Å². The Morgan fingerprint density at radius 3 is 2.83 bits per heavy atom. The van der Waals surface area contributed by atoms with Crippen LogP contribution in [0.25, 0.3) is 0 Å². The van der Waals surface area contributed by atoms with Gasteiger partial charge >= 0.3 is 0 Å². The van der Waals surface area contributed by atoms with Crippen molar-refractivity contribution in [3.8, 4) is 5.75 Å². The number of rotatable bonds is 3. The van der Waals surface area contributed by atoms with E-state index in [1.807, 2.05) is 12.1 Å². The Bertz CT molecular complexity index is 286. The van der Waals surface area contributed by atoms with Crippen molar-refractivity contribution in [2.24, 2.45) is 5.73 Å². The number of aromatic hydroxyl groups is 1. The van der Waals surface area contributed by atoms with E-state index in [0.29, 0.717) is 11.4 Å². The second-order valence-corrected chi connectivity index (χ2v) is 3.16. The molecule has 0 unspecified atom stereocenters.